The Morgan fingerprint density at radius 1 is 1.00 bits per heavy atom. The molecule has 1 fully saturated rings. The summed E-state index contributed by atoms with van der Waals surface area (Å²) in [6, 6.07) is 18.9. The molecule has 0 unspecified atom stereocenters. The number of hydrogen-bond donors (Lipinski definition) is 1. The third kappa shape index (κ3) is 6.84. The molecule has 1 aliphatic rings. The number of benzene rings is 2. The van der Waals surface area contributed by atoms with Gasteiger partial charge < -0.3 is 5.32 Å². The molecule has 0 bridgehead atoms. The lowest BCUT2D eigenvalue weighted by atomic mass is 10.0. The number of nitrogens with zero attached hydrogens (tertiary/aromatic N) is 2. The van der Waals surface area contributed by atoms with E-state index in [1.807, 2.05) is 6.07 Å². The molecule has 2 aromatic carbocycles. The Kier molecular flexibility index (Phi) is 8.03. The highest BCUT2D eigenvalue weighted by Gasteiger charge is 2.20. The van der Waals surface area contributed by atoms with Gasteiger partial charge in [0.15, 0.2) is 0 Å². The first-order valence-corrected chi connectivity index (χ1v) is 10.7. The Bertz CT molecular complexity index is 777. The Morgan fingerprint density at radius 3 is 2.31 bits per heavy atom. The van der Waals surface area contributed by atoms with E-state index >= 15 is 0 Å². The molecule has 154 valence electrons. The van der Waals surface area contributed by atoms with Crippen LogP contribution in [0.25, 0.3) is 6.08 Å². The van der Waals surface area contributed by atoms with Gasteiger partial charge in [0, 0.05) is 32.7 Å². The molecule has 1 aliphatic heterocycles. The fourth-order valence-electron chi connectivity index (χ4n) is 3.69. The quantitative estimate of drug-likeness (QED) is 0.741. The van der Waals surface area contributed by atoms with Gasteiger partial charge in [-0.05, 0) is 24.5 Å². The van der Waals surface area contributed by atoms with Crippen LogP contribution in [0, 0.1) is 6.92 Å². The highest BCUT2D eigenvalue weighted by atomic mass is 16.2. The van der Waals surface area contributed by atoms with Crippen molar-refractivity contribution in [2.45, 2.75) is 26.3 Å². The van der Waals surface area contributed by atoms with E-state index in [-0.39, 0.29) is 11.9 Å². The van der Waals surface area contributed by atoms with Gasteiger partial charge in [0.05, 0.1) is 12.6 Å². The van der Waals surface area contributed by atoms with Crippen LogP contribution in [0.1, 0.15) is 36.1 Å². The van der Waals surface area contributed by atoms with Crippen molar-refractivity contribution in [2.75, 3.05) is 39.3 Å². The van der Waals surface area contributed by atoms with Gasteiger partial charge in [0.2, 0.25) is 5.91 Å². The predicted molar refractivity (Wildman–Crippen MR) is 121 cm³/mol. The molecule has 3 rings (SSSR count). The van der Waals surface area contributed by atoms with Crippen molar-refractivity contribution >= 4 is 12.0 Å². The number of nitrogens with one attached hydrogen (secondary N) is 1. The van der Waals surface area contributed by atoms with E-state index in [1.165, 1.54) is 16.7 Å². The standard InChI is InChI=1S/C25H33N3O/c1-3-24(23-13-11-21(2)12-14-23)26-25(29)20-28-18-16-27(17-19-28)15-7-10-22-8-5-4-6-9-22/h4-14,24H,3,15-20H2,1-2H3,(H,26,29)/b10-7+/t24-/m0/s1. The van der Waals surface area contributed by atoms with Crippen molar-refractivity contribution in [3.63, 3.8) is 0 Å². The van der Waals surface area contributed by atoms with Crippen LogP contribution in [0.15, 0.2) is 60.7 Å². The van der Waals surface area contributed by atoms with E-state index in [4.69, 9.17) is 0 Å². The molecule has 0 radical (unpaired) electrons. The van der Waals surface area contributed by atoms with Gasteiger partial charge in [0.25, 0.3) is 0 Å². The first kappa shape index (κ1) is 21.3. The van der Waals surface area contributed by atoms with E-state index in [0.717, 1.165) is 39.1 Å². The molecule has 4 heteroatoms. The number of rotatable bonds is 8. The molecule has 4 nitrogen and oxygen atoms in total. The van der Waals surface area contributed by atoms with Crippen molar-refractivity contribution < 1.29 is 4.79 Å². The third-order valence-corrected chi connectivity index (χ3v) is 5.53. The maximum Gasteiger partial charge on any atom is 0.234 e. The zero-order chi connectivity index (χ0) is 20.5. The molecule has 1 N–H and O–H groups in total. The van der Waals surface area contributed by atoms with Gasteiger partial charge >= 0.3 is 0 Å². The van der Waals surface area contributed by atoms with Crippen LogP contribution in [0.5, 0.6) is 0 Å². The summed E-state index contributed by atoms with van der Waals surface area (Å²) in [6.45, 7) is 9.52. The Morgan fingerprint density at radius 2 is 1.66 bits per heavy atom. The highest BCUT2D eigenvalue weighted by Crippen LogP contribution is 2.17. The van der Waals surface area contributed by atoms with Crippen LogP contribution >= 0.6 is 0 Å². The van der Waals surface area contributed by atoms with Crippen LogP contribution in [0.4, 0.5) is 0 Å². The largest absolute Gasteiger partial charge is 0.348 e. The molecular weight excluding hydrogens is 358 g/mol. The van der Waals surface area contributed by atoms with E-state index < -0.39 is 0 Å². The van der Waals surface area contributed by atoms with Crippen molar-refractivity contribution in [1.29, 1.82) is 0 Å². The van der Waals surface area contributed by atoms with Crippen LogP contribution < -0.4 is 5.32 Å². The fourth-order valence-corrected chi connectivity index (χ4v) is 3.69. The van der Waals surface area contributed by atoms with E-state index in [0.29, 0.717) is 6.54 Å². The highest BCUT2D eigenvalue weighted by molar-refractivity contribution is 5.78. The SMILES string of the molecule is CC[C@H](NC(=O)CN1CCN(C/C=C/c2ccccc2)CC1)c1ccc(C)cc1. The van der Waals surface area contributed by atoms with Crippen molar-refractivity contribution in [1.82, 2.24) is 15.1 Å². The van der Waals surface area contributed by atoms with Gasteiger partial charge in [-0.3, -0.25) is 14.6 Å². The minimum Gasteiger partial charge on any atom is -0.348 e. The molecule has 0 aromatic heterocycles. The topological polar surface area (TPSA) is 35.6 Å². The Balaban J connectivity index is 1.40. The molecular formula is C25H33N3O. The third-order valence-electron chi connectivity index (χ3n) is 5.53. The monoisotopic (exact) mass is 391 g/mol. The average Bonchev–Trinajstić information content (AvgIpc) is 2.75. The van der Waals surface area contributed by atoms with Gasteiger partial charge in [-0.25, -0.2) is 0 Å². The first-order chi connectivity index (χ1) is 14.1. The lowest BCUT2D eigenvalue weighted by Gasteiger charge is -2.34. The van der Waals surface area contributed by atoms with E-state index in [9.17, 15) is 4.79 Å². The number of hydrogen-bond acceptors (Lipinski definition) is 3. The number of aryl methyl sites for hydroxylation is 1. The summed E-state index contributed by atoms with van der Waals surface area (Å²) in [7, 11) is 0. The van der Waals surface area contributed by atoms with E-state index in [2.05, 4.69) is 89.6 Å². The smallest absolute Gasteiger partial charge is 0.234 e. The normalized spacial score (nSPS) is 16.8. The minimum atomic E-state index is 0.0903. The Hall–Kier alpha value is -2.43. The maximum atomic E-state index is 12.6. The minimum absolute atomic E-state index is 0.0903. The molecule has 0 spiro atoms. The fraction of sp³-hybridized carbons (Fsp3) is 0.400. The van der Waals surface area contributed by atoms with E-state index in [1.54, 1.807) is 0 Å². The van der Waals surface area contributed by atoms with Crippen LogP contribution in [0.2, 0.25) is 0 Å². The molecule has 1 atom stereocenters. The zero-order valence-electron chi connectivity index (χ0n) is 17.7. The number of amides is 1. The summed E-state index contributed by atoms with van der Waals surface area (Å²) in [4.78, 5) is 17.3. The zero-order valence-corrected chi connectivity index (χ0v) is 17.7. The second kappa shape index (κ2) is 10.9. The summed E-state index contributed by atoms with van der Waals surface area (Å²) in [5, 5.41) is 3.21. The number of carbonyl (C=O) groups is 1. The van der Waals surface area contributed by atoms with Crippen molar-refractivity contribution in [3.8, 4) is 0 Å². The van der Waals surface area contributed by atoms with Crippen LogP contribution in [0.3, 0.4) is 0 Å². The predicted octanol–water partition coefficient (Wildman–Crippen LogP) is 3.89. The lowest BCUT2D eigenvalue weighted by molar-refractivity contribution is -0.123. The van der Waals surface area contributed by atoms with Gasteiger partial charge in [-0.15, -0.1) is 0 Å². The summed E-state index contributed by atoms with van der Waals surface area (Å²) in [5.74, 6) is 0.120. The lowest BCUT2D eigenvalue weighted by Crippen LogP contribution is -2.49. The molecule has 0 aliphatic carbocycles. The molecule has 2 aromatic rings. The summed E-state index contributed by atoms with van der Waals surface area (Å²) in [5.41, 5.74) is 3.66. The summed E-state index contributed by atoms with van der Waals surface area (Å²) in [6.07, 6.45) is 5.30. The van der Waals surface area contributed by atoms with Crippen LogP contribution in [-0.2, 0) is 4.79 Å². The second-order valence-electron chi connectivity index (χ2n) is 7.83. The second-order valence-corrected chi connectivity index (χ2v) is 7.83. The van der Waals surface area contributed by atoms with Crippen LogP contribution in [-0.4, -0.2) is 55.0 Å². The van der Waals surface area contributed by atoms with Gasteiger partial charge in [-0.1, -0.05) is 79.2 Å². The molecule has 1 saturated heterocycles. The molecule has 1 heterocycles. The number of carbonyl (C=O) groups excluding carboxylic acids is 1. The average molecular weight is 392 g/mol. The summed E-state index contributed by atoms with van der Waals surface area (Å²) >= 11 is 0. The van der Waals surface area contributed by atoms with Crippen molar-refractivity contribution in [3.05, 3.63) is 77.4 Å². The molecule has 29 heavy (non-hydrogen) atoms. The maximum absolute atomic E-state index is 12.6. The van der Waals surface area contributed by atoms with Crippen molar-refractivity contribution in [2.24, 2.45) is 0 Å². The van der Waals surface area contributed by atoms with Gasteiger partial charge in [-0.2, -0.15) is 0 Å². The van der Waals surface area contributed by atoms with Gasteiger partial charge in [0.1, 0.15) is 0 Å². The molecule has 1 amide bonds. The number of piperazine rings is 1. The summed E-state index contributed by atoms with van der Waals surface area (Å²) < 4.78 is 0. The Labute approximate surface area is 175 Å². The first-order valence-electron chi connectivity index (χ1n) is 10.7. The molecule has 0 saturated carbocycles.